The van der Waals surface area contributed by atoms with Gasteiger partial charge in [-0.25, -0.2) is 4.39 Å². The van der Waals surface area contributed by atoms with Crippen LogP contribution in [0.1, 0.15) is 25.0 Å². The number of benzene rings is 2. The first-order valence-electron chi connectivity index (χ1n) is 7.08. The quantitative estimate of drug-likeness (QED) is 0.845. The van der Waals surface area contributed by atoms with E-state index in [4.69, 9.17) is 15.2 Å². The second-order valence-corrected chi connectivity index (χ2v) is 4.71. The Morgan fingerprint density at radius 2 is 1.62 bits per heavy atom. The van der Waals surface area contributed by atoms with E-state index in [0.717, 1.165) is 17.7 Å². The van der Waals surface area contributed by atoms with Crippen LogP contribution in [0.3, 0.4) is 0 Å². The van der Waals surface area contributed by atoms with Crippen LogP contribution in [0.5, 0.6) is 11.5 Å². The summed E-state index contributed by atoms with van der Waals surface area (Å²) in [7, 11) is 0. The average molecular weight is 289 g/mol. The standard InChI is InChI=1S/C17H20FNO2/c1-2-11-20-15-7-9-16(10-8-15)21-17(12-19)13-3-5-14(18)6-4-13/h3-10,17H,2,11-12,19H2,1H3. The molecule has 0 radical (unpaired) electrons. The van der Waals surface area contributed by atoms with Crippen molar-refractivity contribution in [2.24, 2.45) is 5.73 Å². The van der Waals surface area contributed by atoms with Crippen molar-refractivity contribution in [3.63, 3.8) is 0 Å². The van der Waals surface area contributed by atoms with Crippen LogP contribution in [-0.2, 0) is 0 Å². The third-order valence-electron chi connectivity index (χ3n) is 3.03. The Morgan fingerprint density at radius 3 is 2.19 bits per heavy atom. The van der Waals surface area contributed by atoms with Crippen molar-refractivity contribution in [1.82, 2.24) is 0 Å². The minimum Gasteiger partial charge on any atom is -0.494 e. The lowest BCUT2D eigenvalue weighted by atomic mass is 10.1. The minimum atomic E-state index is -0.298. The highest BCUT2D eigenvalue weighted by atomic mass is 19.1. The Morgan fingerprint density at radius 1 is 1.00 bits per heavy atom. The zero-order chi connectivity index (χ0) is 15.1. The zero-order valence-corrected chi connectivity index (χ0v) is 12.1. The van der Waals surface area contributed by atoms with Crippen LogP contribution in [0.2, 0.25) is 0 Å². The maximum absolute atomic E-state index is 12.9. The number of rotatable bonds is 7. The van der Waals surface area contributed by atoms with Gasteiger partial charge >= 0.3 is 0 Å². The third kappa shape index (κ3) is 4.46. The molecule has 0 bridgehead atoms. The second kappa shape index (κ2) is 7.64. The Hall–Kier alpha value is -2.07. The van der Waals surface area contributed by atoms with E-state index in [1.807, 2.05) is 24.3 Å². The number of halogens is 1. The van der Waals surface area contributed by atoms with Gasteiger partial charge in [-0.2, -0.15) is 0 Å². The van der Waals surface area contributed by atoms with Crippen LogP contribution >= 0.6 is 0 Å². The zero-order valence-electron chi connectivity index (χ0n) is 12.1. The van der Waals surface area contributed by atoms with Crippen molar-refractivity contribution in [2.75, 3.05) is 13.2 Å². The van der Waals surface area contributed by atoms with Gasteiger partial charge in [-0.15, -0.1) is 0 Å². The van der Waals surface area contributed by atoms with Gasteiger partial charge in [-0.3, -0.25) is 0 Å². The molecule has 0 aliphatic rings. The molecule has 2 aromatic carbocycles. The molecular formula is C17H20FNO2. The number of nitrogens with two attached hydrogens (primary N) is 1. The highest BCUT2D eigenvalue weighted by Crippen LogP contribution is 2.24. The summed E-state index contributed by atoms with van der Waals surface area (Å²) in [5.74, 6) is 1.25. The molecule has 0 saturated heterocycles. The van der Waals surface area contributed by atoms with Crippen LogP contribution < -0.4 is 15.2 Å². The molecule has 0 heterocycles. The van der Waals surface area contributed by atoms with E-state index >= 15 is 0 Å². The van der Waals surface area contributed by atoms with Gasteiger partial charge in [0.2, 0.25) is 0 Å². The summed E-state index contributed by atoms with van der Waals surface area (Å²) >= 11 is 0. The molecule has 0 spiro atoms. The van der Waals surface area contributed by atoms with E-state index in [1.54, 1.807) is 12.1 Å². The monoisotopic (exact) mass is 289 g/mol. The molecule has 112 valence electrons. The highest BCUT2D eigenvalue weighted by Gasteiger charge is 2.11. The summed E-state index contributed by atoms with van der Waals surface area (Å²) in [6, 6.07) is 13.6. The van der Waals surface area contributed by atoms with E-state index in [0.29, 0.717) is 18.9 Å². The van der Waals surface area contributed by atoms with Gasteiger partial charge in [0.25, 0.3) is 0 Å². The molecule has 2 aromatic rings. The third-order valence-corrected chi connectivity index (χ3v) is 3.03. The van der Waals surface area contributed by atoms with Gasteiger partial charge < -0.3 is 15.2 Å². The van der Waals surface area contributed by atoms with Gasteiger partial charge in [0.05, 0.1) is 6.61 Å². The lowest BCUT2D eigenvalue weighted by molar-refractivity contribution is 0.213. The van der Waals surface area contributed by atoms with E-state index in [2.05, 4.69) is 6.92 Å². The smallest absolute Gasteiger partial charge is 0.136 e. The molecule has 0 aliphatic heterocycles. The molecule has 0 saturated carbocycles. The largest absolute Gasteiger partial charge is 0.494 e. The Balaban J connectivity index is 2.02. The molecule has 0 aliphatic carbocycles. The molecule has 1 atom stereocenters. The predicted octanol–water partition coefficient (Wildman–Crippen LogP) is 3.69. The molecule has 4 heteroatoms. The average Bonchev–Trinajstić information content (AvgIpc) is 2.53. The fourth-order valence-electron chi connectivity index (χ4n) is 1.93. The van der Waals surface area contributed by atoms with Crippen LogP contribution in [0.4, 0.5) is 4.39 Å². The number of ether oxygens (including phenoxy) is 2. The van der Waals surface area contributed by atoms with Gasteiger partial charge in [-0.1, -0.05) is 19.1 Å². The molecule has 0 aromatic heterocycles. The maximum Gasteiger partial charge on any atom is 0.136 e. The summed E-state index contributed by atoms with van der Waals surface area (Å²) in [6.45, 7) is 3.08. The van der Waals surface area contributed by atoms with Crippen molar-refractivity contribution in [3.8, 4) is 11.5 Å². The molecule has 2 N–H and O–H groups in total. The first kappa shape index (κ1) is 15.3. The summed E-state index contributed by atoms with van der Waals surface area (Å²) in [6.07, 6.45) is 0.672. The van der Waals surface area contributed by atoms with Crippen molar-refractivity contribution in [3.05, 3.63) is 59.9 Å². The first-order valence-corrected chi connectivity index (χ1v) is 7.08. The second-order valence-electron chi connectivity index (χ2n) is 4.71. The highest BCUT2D eigenvalue weighted by molar-refractivity contribution is 5.32. The van der Waals surface area contributed by atoms with Crippen molar-refractivity contribution < 1.29 is 13.9 Å². The normalized spacial score (nSPS) is 12.0. The van der Waals surface area contributed by atoms with Crippen LogP contribution in [-0.4, -0.2) is 13.2 Å². The fraction of sp³-hybridized carbons (Fsp3) is 0.294. The van der Waals surface area contributed by atoms with Crippen LogP contribution in [0.15, 0.2) is 48.5 Å². The molecule has 21 heavy (non-hydrogen) atoms. The van der Waals surface area contributed by atoms with Crippen molar-refractivity contribution >= 4 is 0 Å². The topological polar surface area (TPSA) is 44.5 Å². The SMILES string of the molecule is CCCOc1ccc(OC(CN)c2ccc(F)cc2)cc1. The lowest BCUT2D eigenvalue weighted by Crippen LogP contribution is -2.18. The Bertz CT molecular complexity index is 540. The van der Waals surface area contributed by atoms with Gasteiger partial charge in [0.15, 0.2) is 0 Å². The predicted molar refractivity (Wildman–Crippen MR) is 81.1 cm³/mol. The summed E-state index contributed by atoms with van der Waals surface area (Å²) in [4.78, 5) is 0. The Labute approximate surface area is 124 Å². The lowest BCUT2D eigenvalue weighted by Gasteiger charge is -2.18. The first-order chi connectivity index (χ1) is 10.2. The molecule has 3 nitrogen and oxygen atoms in total. The van der Waals surface area contributed by atoms with Crippen LogP contribution in [0, 0.1) is 5.82 Å². The molecular weight excluding hydrogens is 269 g/mol. The van der Waals surface area contributed by atoms with E-state index in [-0.39, 0.29) is 11.9 Å². The van der Waals surface area contributed by atoms with Gasteiger partial charge in [0.1, 0.15) is 23.4 Å². The van der Waals surface area contributed by atoms with Crippen LogP contribution in [0.25, 0.3) is 0 Å². The molecule has 0 fully saturated rings. The Kier molecular flexibility index (Phi) is 5.58. The van der Waals surface area contributed by atoms with E-state index in [9.17, 15) is 4.39 Å². The van der Waals surface area contributed by atoms with Gasteiger partial charge in [-0.05, 0) is 48.4 Å². The minimum absolute atomic E-state index is 0.271. The summed E-state index contributed by atoms with van der Waals surface area (Å²) < 4.78 is 24.3. The maximum atomic E-state index is 12.9. The van der Waals surface area contributed by atoms with Crippen molar-refractivity contribution in [2.45, 2.75) is 19.4 Å². The summed E-state index contributed by atoms with van der Waals surface area (Å²) in [5.41, 5.74) is 6.59. The summed E-state index contributed by atoms with van der Waals surface area (Å²) in [5, 5.41) is 0. The fourth-order valence-corrected chi connectivity index (χ4v) is 1.93. The molecule has 2 rings (SSSR count). The van der Waals surface area contributed by atoms with Crippen molar-refractivity contribution in [1.29, 1.82) is 0 Å². The molecule has 1 unspecified atom stereocenters. The van der Waals surface area contributed by atoms with E-state index < -0.39 is 0 Å². The van der Waals surface area contributed by atoms with E-state index in [1.165, 1.54) is 12.1 Å². The molecule has 0 amide bonds. The number of hydrogen-bond acceptors (Lipinski definition) is 3. The van der Waals surface area contributed by atoms with Gasteiger partial charge in [0, 0.05) is 6.54 Å². The number of hydrogen-bond donors (Lipinski definition) is 1.